The molecular weight excluding hydrogens is 804 g/mol. The zero-order valence-electron chi connectivity index (χ0n) is 33.1. The second-order valence-electron chi connectivity index (χ2n) is 13.7. The molecule has 1 amide bonds. The van der Waals surface area contributed by atoms with Gasteiger partial charge in [-0.15, -0.1) is 11.8 Å². The highest BCUT2D eigenvalue weighted by molar-refractivity contribution is 8.00. The van der Waals surface area contributed by atoms with Crippen molar-refractivity contribution < 1.29 is 66.3 Å². The van der Waals surface area contributed by atoms with Crippen LogP contribution in [0.5, 0.6) is 5.75 Å². The summed E-state index contributed by atoms with van der Waals surface area (Å²) in [5.41, 5.74) is 3.66. The highest BCUT2D eigenvalue weighted by Crippen LogP contribution is 2.47. The van der Waals surface area contributed by atoms with Crippen LogP contribution in [0.1, 0.15) is 51.0 Å². The molecule has 15 nitrogen and oxygen atoms in total. The minimum Gasteiger partial charge on any atom is -0.467 e. The normalized spacial score (nSPS) is 22.7. The van der Waals surface area contributed by atoms with E-state index in [0.717, 1.165) is 39.0 Å². The van der Waals surface area contributed by atoms with E-state index >= 15 is 0 Å². The number of halogens is 1. The Kier molecular flexibility index (Phi) is 13.8. The SMILES string of the molecule is COC(=O)C1OC(Oc2ccc([C@@H]3[C@@H](SC[C@H](OC(C)=O)c4ccc(F)cc4)C(=O)N3c3ccc(-c4cccnc4)cc3)cc2)C(OC(C)=O)C(OC(C)=O)C1OC(C)=O. The molecule has 2 saturated heterocycles. The third kappa shape index (κ3) is 10.1. The maximum absolute atomic E-state index is 14.0. The average molecular weight is 845 g/mol. The molecule has 6 rings (SSSR count). The number of carbonyl (C=O) groups is 6. The maximum atomic E-state index is 14.0. The van der Waals surface area contributed by atoms with Crippen molar-refractivity contribution in [2.45, 2.75) is 75.8 Å². The highest BCUT2D eigenvalue weighted by atomic mass is 32.2. The highest BCUT2D eigenvalue weighted by Gasteiger charge is 2.56. The molecule has 2 fully saturated rings. The van der Waals surface area contributed by atoms with Crippen LogP contribution in [0.25, 0.3) is 11.1 Å². The number of nitrogens with zero attached hydrogens (tertiary/aromatic N) is 2. The fraction of sp³-hybridized carbons (Fsp3) is 0.326. The summed E-state index contributed by atoms with van der Waals surface area (Å²) in [6.45, 7) is 4.54. The van der Waals surface area contributed by atoms with E-state index < -0.39 is 83.8 Å². The number of methoxy groups -OCH3 is 1. The summed E-state index contributed by atoms with van der Waals surface area (Å²) in [5.74, 6) is -4.32. The molecule has 17 heteroatoms. The van der Waals surface area contributed by atoms with Crippen molar-refractivity contribution in [1.82, 2.24) is 4.98 Å². The lowest BCUT2D eigenvalue weighted by atomic mass is 9.92. The Labute approximate surface area is 348 Å². The summed E-state index contributed by atoms with van der Waals surface area (Å²) < 4.78 is 52.5. The molecule has 0 N–H and O–H groups in total. The topological polar surface area (TPSA) is 183 Å². The second kappa shape index (κ2) is 19.2. The van der Waals surface area contributed by atoms with Crippen LogP contribution in [-0.4, -0.2) is 89.6 Å². The first kappa shape index (κ1) is 43.3. The number of β-lactam (4-membered cyclic amide) rings is 1. The molecule has 5 unspecified atom stereocenters. The van der Waals surface area contributed by atoms with E-state index in [9.17, 15) is 33.2 Å². The number of pyridine rings is 1. The van der Waals surface area contributed by atoms with E-state index in [1.807, 2.05) is 36.4 Å². The Hall–Kier alpha value is -6.33. The number of aromatic nitrogens is 1. The maximum Gasteiger partial charge on any atom is 0.339 e. The molecule has 0 radical (unpaired) electrons. The first-order valence-corrected chi connectivity index (χ1v) is 19.7. The van der Waals surface area contributed by atoms with E-state index in [1.165, 1.54) is 43.0 Å². The van der Waals surface area contributed by atoms with Crippen molar-refractivity contribution in [2.75, 3.05) is 17.8 Å². The zero-order valence-corrected chi connectivity index (χ0v) is 33.9. The summed E-state index contributed by atoms with van der Waals surface area (Å²) >= 11 is 1.28. The lowest BCUT2D eigenvalue weighted by molar-refractivity contribution is -0.282. The minimum absolute atomic E-state index is 0.158. The van der Waals surface area contributed by atoms with Gasteiger partial charge in [0.25, 0.3) is 0 Å². The molecule has 0 spiro atoms. The Morgan fingerprint density at radius 2 is 1.42 bits per heavy atom. The van der Waals surface area contributed by atoms with Crippen LogP contribution >= 0.6 is 11.8 Å². The van der Waals surface area contributed by atoms with Gasteiger partial charge in [-0.05, 0) is 64.7 Å². The molecule has 0 bridgehead atoms. The molecule has 1 aromatic heterocycles. The quantitative estimate of drug-likeness (QED) is 0.0886. The van der Waals surface area contributed by atoms with Gasteiger partial charge in [-0.1, -0.05) is 42.5 Å². The molecule has 60 heavy (non-hydrogen) atoms. The zero-order chi connectivity index (χ0) is 43.1. The van der Waals surface area contributed by atoms with Crippen LogP contribution < -0.4 is 9.64 Å². The summed E-state index contributed by atoms with van der Waals surface area (Å²) in [4.78, 5) is 81.4. The number of esters is 5. The number of hydrogen-bond donors (Lipinski definition) is 0. The lowest BCUT2D eigenvalue weighted by Crippen LogP contribution is -2.64. The molecular formula is C43H41FN2O13S. The van der Waals surface area contributed by atoms with E-state index in [1.54, 1.807) is 41.6 Å². The lowest BCUT2D eigenvalue weighted by Gasteiger charge is -2.47. The van der Waals surface area contributed by atoms with Gasteiger partial charge in [0.05, 0.1) is 13.2 Å². The smallest absolute Gasteiger partial charge is 0.339 e. The van der Waals surface area contributed by atoms with E-state index in [2.05, 4.69) is 4.98 Å². The van der Waals surface area contributed by atoms with Gasteiger partial charge in [0, 0.05) is 51.5 Å². The van der Waals surface area contributed by atoms with Crippen molar-refractivity contribution in [3.8, 4) is 16.9 Å². The Morgan fingerprint density at radius 1 is 0.783 bits per heavy atom. The Balaban J connectivity index is 1.30. The predicted molar refractivity (Wildman–Crippen MR) is 211 cm³/mol. The Morgan fingerprint density at radius 3 is 2.00 bits per heavy atom. The number of ether oxygens (including phenoxy) is 7. The van der Waals surface area contributed by atoms with Gasteiger partial charge in [-0.3, -0.25) is 29.0 Å². The van der Waals surface area contributed by atoms with E-state index in [4.69, 9.17) is 33.2 Å². The number of thioether (sulfide) groups is 1. The average Bonchev–Trinajstić information content (AvgIpc) is 3.21. The van der Waals surface area contributed by atoms with E-state index in [-0.39, 0.29) is 17.4 Å². The molecule has 4 aromatic rings. The summed E-state index contributed by atoms with van der Waals surface area (Å²) in [6.07, 6.45) is -5.20. The molecule has 3 heterocycles. The summed E-state index contributed by atoms with van der Waals surface area (Å²) in [6, 6.07) is 22.8. The number of hydrogen-bond acceptors (Lipinski definition) is 15. The molecule has 0 aliphatic carbocycles. The van der Waals surface area contributed by atoms with Crippen LogP contribution in [0.2, 0.25) is 0 Å². The number of amides is 1. The van der Waals surface area contributed by atoms with Crippen LogP contribution in [-0.2, 0) is 57.2 Å². The van der Waals surface area contributed by atoms with Crippen LogP contribution in [0.3, 0.4) is 0 Å². The van der Waals surface area contributed by atoms with Crippen LogP contribution in [0.15, 0.2) is 97.3 Å². The van der Waals surface area contributed by atoms with Crippen molar-refractivity contribution in [2.24, 2.45) is 0 Å². The molecule has 3 aromatic carbocycles. The third-order valence-corrected chi connectivity index (χ3v) is 10.8. The van der Waals surface area contributed by atoms with Crippen molar-refractivity contribution in [1.29, 1.82) is 0 Å². The van der Waals surface area contributed by atoms with Gasteiger partial charge in [0.15, 0.2) is 18.3 Å². The monoisotopic (exact) mass is 844 g/mol. The first-order chi connectivity index (χ1) is 28.7. The molecule has 8 atom stereocenters. The Bertz CT molecular complexity index is 2190. The number of rotatable bonds is 14. The number of benzene rings is 3. The van der Waals surface area contributed by atoms with Gasteiger partial charge >= 0.3 is 29.8 Å². The summed E-state index contributed by atoms with van der Waals surface area (Å²) in [5, 5.41) is -0.646. The number of carbonyl (C=O) groups excluding carboxylic acids is 6. The fourth-order valence-electron chi connectivity index (χ4n) is 6.90. The molecule has 2 aliphatic heterocycles. The number of anilines is 1. The van der Waals surface area contributed by atoms with Crippen LogP contribution in [0, 0.1) is 5.82 Å². The molecule has 2 aliphatic rings. The standard InChI is InChI=1S/C43H41FN2O13S/c1-23(47)54-34(28-8-14-31(44)15-9-28)22-60-40-35(46(41(40)51)32-16-10-27(11-17-32)30-7-6-20-45-21-30)29-12-18-33(19-13-29)58-43-39(57-26(4)50)37(56-25(3)49)36(55-24(2)48)38(59-43)42(52)53-5/h6-21,34-40,43H,22H2,1-5H3/t34-,35+,36?,37?,38?,39?,40+,43?/m0/s1. The van der Waals surface area contributed by atoms with Crippen molar-refractivity contribution >= 4 is 53.2 Å². The van der Waals surface area contributed by atoms with Gasteiger partial charge in [0.1, 0.15) is 22.9 Å². The van der Waals surface area contributed by atoms with Crippen LogP contribution in [0.4, 0.5) is 10.1 Å². The second-order valence-corrected chi connectivity index (χ2v) is 14.9. The van der Waals surface area contributed by atoms with Gasteiger partial charge < -0.3 is 38.1 Å². The van der Waals surface area contributed by atoms with Crippen molar-refractivity contribution in [3.05, 3.63) is 114 Å². The largest absolute Gasteiger partial charge is 0.467 e. The third-order valence-electron chi connectivity index (χ3n) is 9.47. The van der Waals surface area contributed by atoms with Gasteiger partial charge in [-0.2, -0.15) is 0 Å². The van der Waals surface area contributed by atoms with Gasteiger partial charge in [-0.25, -0.2) is 9.18 Å². The summed E-state index contributed by atoms with van der Waals surface area (Å²) in [7, 11) is 1.08. The first-order valence-electron chi connectivity index (χ1n) is 18.6. The predicted octanol–water partition coefficient (Wildman–Crippen LogP) is 5.45. The minimum atomic E-state index is -1.65. The molecule has 314 valence electrons. The van der Waals surface area contributed by atoms with Crippen molar-refractivity contribution in [3.63, 3.8) is 0 Å². The van der Waals surface area contributed by atoms with E-state index in [0.29, 0.717) is 16.8 Å². The molecule has 0 saturated carbocycles. The fourth-order valence-corrected chi connectivity index (χ4v) is 8.26. The van der Waals surface area contributed by atoms with Gasteiger partial charge in [0.2, 0.25) is 18.3 Å².